The molecule has 0 radical (unpaired) electrons. The van der Waals surface area contributed by atoms with Crippen LogP contribution in [0.25, 0.3) is 10.6 Å². The summed E-state index contributed by atoms with van der Waals surface area (Å²) < 4.78 is 0.781. The van der Waals surface area contributed by atoms with E-state index < -0.39 is 0 Å². The van der Waals surface area contributed by atoms with E-state index in [2.05, 4.69) is 39.9 Å². The molecule has 114 valence electrons. The van der Waals surface area contributed by atoms with Crippen LogP contribution in [-0.4, -0.2) is 16.5 Å². The van der Waals surface area contributed by atoms with Gasteiger partial charge < -0.3 is 5.32 Å². The lowest BCUT2D eigenvalue weighted by Crippen LogP contribution is -2.19. The molecule has 0 saturated heterocycles. The van der Waals surface area contributed by atoms with E-state index in [0.717, 1.165) is 45.1 Å². The Kier molecular flexibility index (Phi) is 4.89. The quantitative estimate of drug-likeness (QED) is 0.831. The molecular formula is C16H22ClN3S. The monoisotopic (exact) mass is 323 g/mol. The third-order valence-electron chi connectivity index (χ3n) is 3.17. The van der Waals surface area contributed by atoms with Crippen LogP contribution in [0.3, 0.4) is 0 Å². The Morgan fingerprint density at radius 1 is 1.24 bits per heavy atom. The van der Waals surface area contributed by atoms with Crippen LogP contribution in [-0.2, 0) is 5.41 Å². The smallest absolute Gasteiger partial charge is 0.136 e. The third-order valence-corrected chi connectivity index (χ3v) is 4.40. The van der Waals surface area contributed by atoms with Crippen molar-refractivity contribution >= 4 is 28.8 Å². The SMILES string of the molecule is CCCNc1nc(C(C)(C)C)nc(-c2ccc(Cl)s2)c1C. The molecule has 3 nitrogen and oxygen atoms in total. The number of halogens is 1. The van der Waals surface area contributed by atoms with Crippen molar-refractivity contribution in [3.63, 3.8) is 0 Å². The summed E-state index contributed by atoms with van der Waals surface area (Å²) in [4.78, 5) is 10.6. The largest absolute Gasteiger partial charge is 0.370 e. The highest BCUT2D eigenvalue weighted by Gasteiger charge is 2.22. The standard InChI is InChI=1S/C16H22ClN3S/c1-6-9-18-14-10(2)13(11-7-8-12(17)21-11)19-15(20-14)16(3,4)5/h7-8H,6,9H2,1-5H3,(H,18,19,20). The summed E-state index contributed by atoms with van der Waals surface area (Å²) in [5.74, 6) is 1.78. The van der Waals surface area contributed by atoms with Gasteiger partial charge in [0.25, 0.3) is 0 Å². The van der Waals surface area contributed by atoms with Gasteiger partial charge in [0.05, 0.1) is 14.9 Å². The summed E-state index contributed by atoms with van der Waals surface area (Å²) >= 11 is 7.63. The zero-order valence-electron chi connectivity index (χ0n) is 13.2. The molecule has 5 heteroatoms. The van der Waals surface area contributed by atoms with E-state index in [0.29, 0.717) is 0 Å². The van der Waals surface area contributed by atoms with Crippen LogP contribution in [0.5, 0.6) is 0 Å². The predicted molar refractivity (Wildman–Crippen MR) is 92.6 cm³/mol. The molecule has 1 N–H and O–H groups in total. The second-order valence-corrected chi connectivity index (χ2v) is 7.87. The molecule has 0 bridgehead atoms. The second kappa shape index (κ2) is 6.32. The third kappa shape index (κ3) is 3.74. The Balaban J connectivity index is 2.57. The summed E-state index contributed by atoms with van der Waals surface area (Å²) in [6.07, 6.45) is 1.06. The van der Waals surface area contributed by atoms with Gasteiger partial charge in [-0.3, -0.25) is 0 Å². The minimum Gasteiger partial charge on any atom is -0.370 e. The Bertz CT molecular complexity index is 629. The molecule has 0 fully saturated rings. The highest BCUT2D eigenvalue weighted by Crippen LogP contribution is 2.35. The van der Waals surface area contributed by atoms with Crippen LogP contribution in [0.4, 0.5) is 5.82 Å². The van der Waals surface area contributed by atoms with E-state index in [-0.39, 0.29) is 5.41 Å². The number of nitrogens with zero attached hydrogens (tertiary/aromatic N) is 2. The van der Waals surface area contributed by atoms with E-state index in [1.54, 1.807) is 11.3 Å². The zero-order valence-corrected chi connectivity index (χ0v) is 14.8. The van der Waals surface area contributed by atoms with Crippen molar-refractivity contribution in [2.24, 2.45) is 0 Å². The van der Waals surface area contributed by atoms with Crippen molar-refractivity contribution in [2.75, 3.05) is 11.9 Å². The molecule has 21 heavy (non-hydrogen) atoms. The average molecular weight is 324 g/mol. The normalized spacial score (nSPS) is 11.7. The molecule has 0 unspecified atom stereocenters. The highest BCUT2D eigenvalue weighted by atomic mass is 35.5. The Morgan fingerprint density at radius 3 is 2.48 bits per heavy atom. The lowest BCUT2D eigenvalue weighted by atomic mass is 9.95. The van der Waals surface area contributed by atoms with Gasteiger partial charge in [0.1, 0.15) is 11.6 Å². The lowest BCUT2D eigenvalue weighted by molar-refractivity contribution is 0.546. The molecule has 0 aromatic carbocycles. The maximum atomic E-state index is 6.08. The predicted octanol–water partition coefficient (Wildman–Crippen LogP) is 5.29. The molecule has 0 aliphatic heterocycles. The van der Waals surface area contributed by atoms with Crippen molar-refractivity contribution < 1.29 is 0 Å². The topological polar surface area (TPSA) is 37.8 Å². The Labute approximate surface area is 135 Å². The lowest BCUT2D eigenvalue weighted by Gasteiger charge is -2.20. The van der Waals surface area contributed by atoms with Crippen molar-refractivity contribution in [3.8, 4) is 10.6 Å². The van der Waals surface area contributed by atoms with E-state index >= 15 is 0 Å². The van der Waals surface area contributed by atoms with Crippen LogP contribution in [0.1, 0.15) is 45.5 Å². The average Bonchev–Trinajstić information content (AvgIpc) is 2.82. The number of aromatic nitrogens is 2. The maximum Gasteiger partial charge on any atom is 0.136 e. The van der Waals surface area contributed by atoms with Crippen molar-refractivity contribution in [1.29, 1.82) is 0 Å². The van der Waals surface area contributed by atoms with Gasteiger partial charge in [-0.1, -0.05) is 39.3 Å². The van der Waals surface area contributed by atoms with Crippen LogP contribution >= 0.6 is 22.9 Å². The number of hydrogen-bond acceptors (Lipinski definition) is 4. The molecular weight excluding hydrogens is 302 g/mol. The van der Waals surface area contributed by atoms with Crippen molar-refractivity contribution in [2.45, 2.75) is 46.5 Å². The van der Waals surface area contributed by atoms with Gasteiger partial charge in [-0.15, -0.1) is 11.3 Å². The van der Waals surface area contributed by atoms with Crippen LogP contribution in [0.2, 0.25) is 4.34 Å². The first-order valence-corrected chi connectivity index (χ1v) is 8.41. The number of rotatable bonds is 4. The van der Waals surface area contributed by atoms with Gasteiger partial charge in [0.15, 0.2) is 0 Å². The molecule has 0 atom stereocenters. The van der Waals surface area contributed by atoms with Crippen molar-refractivity contribution in [3.05, 3.63) is 27.9 Å². The second-order valence-electron chi connectivity index (χ2n) is 6.15. The molecule has 0 saturated carbocycles. The van der Waals surface area contributed by atoms with Crippen molar-refractivity contribution in [1.82, 2.24) is 9.97 Å². The van der Waals surface area contributed by atoms with Crippen LogP contribution < -0.4 is 5.32 Å². The van der Waals surface area contributed by atoms with Gasteiger partial charge in [0, 0.05) is 17.5 Å². The number of hydrogen-bond donors (Lipinski definition) is 1. The van der Waals surface area contributed by atoms with Crippen LogP contribution in [0, 0.1) is 6.92 Å². The molecule has 2 aromatic rings. The minimum atomic E-state index is -0.0911. The first-order chi connectivity index (χ1) is 9.82. The number of anilines is 1. The summed E-state index contributed by atoms with van der Waals surface area (Å²) in [5.41, 5.74) is 1.96. The van der Waals surface area contributed by atoms with Gasteiger partial charge in [-0.05, 0) is 25.5 Å². The number of nitrogens with one attached hydrogen (secondary N) is 1. The first kappa shape index (κ1) is 16.2. The Hall–Kier alpha value is -1.13. The fourth-order valence-corrected chi connectivity index (χ4v) is 3.04. The van der Waals surface area contributed by atoms with Crippen LogP contribution in [0.15, 0.2) is 12.1 Å². The van der Waals surface area contributed by atoms with E-state index in [9.17, 15) is 0 Å². The molecule has 2 aromatic heterocycles. The summed E-state index contributed by atoms with van der Waals surface area (Å²) in [7, 11) is 0. The van der Waals surface area contributed by atoms with E-state index in [1.807, 2.05) is 12.1 Å². The molecule has 0 aliphatic rings. The summed E-state index contributed by atoms with van der Waals surface area (Å²) in [6, 6.07) is 3.94. The first-order valence-electron chi connectivity index (χ1n) is 7.21. The molecule has 0 amide bonds. The molecule has 0 spiro atoms. The molecule has 0 aliphatic carbocycles. The fourth-order valence-electron chi connectivity index (χ4n) is 1.95. The van der Waals surface area contributed by atoms with E-state index in [1.165, 1.54) is 0 Å². The van der Waals surface area contributed by atoms with Gasteiger partial charge in [-0.25, -0.2) is 9.97 Å². The van der Waals surface area contributed by atoms with Gasteiger partial charge >= 0.3 is 0 Å². The summed E-state index contributed by atoms with van der Waals surface area (Å²) in [5, 5.41) is 3.41. The minimum absolute atomic E-state index is 0.0911. The Morgan fingerprint density at radius 2 is 1.95 bits per heavy atom. The summed E-state index contributed by atoms with van der Waals surface area (Å²) in [6.45, 7) is 11.5. The highest BCUT2D eigenvalue weighted by molar-refractivity contribution is 7.19. The van der Waals surface area contributed by atoms with Gasteiger partial charge in [0.2, 0.25) is 0 Å². The molecule has 2 heterocycles. The van der Waals surface area contributed by atoms with Gasteiger partial charge in [-0.2, -0.15) is 0 Å². The number of thiophene rings is 1. The zero-order chi connectivity index (χ0) is 15.6. The fraction of sp³-hybridized carbons (Fsp3) is 0.500. The maximum absolute atomic E-state index is 6.08. The van der Waals surface area contributed by atoms with E-state index in [4.69, 9.17) is 21.6 Å². The molecule has 2 rings (SSSR count).